The molecule has 1 aliphatic rings. The average molecular weight is 265 g/mol. The molecule has 1 aliphatic heterocycles. The molecule has 0 radical (unpaired) electrons. The van der Waals surface area contributed by atoms with Crippen LogP contribution in [0.2, 0.25) is 0 Å². The van der Waals surface area contributed by atoms with E-state index in [1.165, 1.54) is 7.11 Å². The smallest absolute Gasteiger partial charge is 0.341 e. The first-order valence-electron chi connectivity index (χ1n) is 6.43. The summed E-state index contributed by atoms with van der Waals surface area (Å²) in [5.74, 6) is 0.0389. The molecule has 0 aliphatic carbocycles. The monoisotopic (exact) mass is 265 g/mol. The lowest BCUT2D eigenvalue weighted by atomic mass is 10.2. The lowest BCUT2D eigenvalue weighted by Gasteiger charge is -2.11. The molecule has 5 nitrogen and oxygen atoms in total. The molecule has 19 heavy (non-hydrogen) atoms. The summed E-state index contributed by atoms with van der Waals surface area (Å²) < 4.78 is 15.8. The lowest BCUT2D eigenvalue weighted by molar-refractivity contribution is 0.0383. The van der Waals surface area contributed by atoms with E-state index >= 15 is 0 Å². The Morgan fingerprint density at radius 3 is 3.05 bits per heavy atom. The van der Waals surface area contributed by atoms with Crippen LogP contribution in [0.4, 0.5) is 5.69 Å². The maximum atomic E-state index is 11.9. The van der Waals surface area contributed by atoms with Gasteiger partial charge in [0.25, 0.3) is 0 Å². The number of nitrogen functional groups attached to an aromatic ring is 1. The van der Waals surface area contributed by atoms with Gasteiger partial charge in [-0.1, -0.05) is 0 Å². The molecule has 1 aromatic rings. The van der Waals surface area contributed by atoms with Crippen LogP contribution in [0.3, 0.4) is 0 Å². The van der Waals surface area contributed by atoms with Gasteiger partial charge in [0, 0.05) is 24.8 Å². The summed E-state index contributed by atoms with van der Waals surface area (Å²) in [6.45, 7) is 1.17. The van der Waals surface area contributed by atoms with Crippen molar-refractivity contribution < 1.29 is 19.0 Å². The second-order valence-electron chi connectivity index (χ2n) is 4.52. The van der Waals surface area contributed by atoms with Crippen molar-refractivity contribution in [3.05, 3.63) is 23.8 Å². The van der Waals surface area contributed by atoms with Crippen LogP contribution in [0, 0.1) is 0 Å². The Morgan fingerprint density at radius 2 is 2.37 bits per heavy atom. The van der Waals surface area contributed by atoms with Crippen molar-refractivity contribution in [2.24, 2.45) is 0 Å². The van der Waals surface area contributed by atoms with Gasteiger partial charge < -0.3 is 19.9 Å². The number of esters is 1. The Bertz CT molecular complexity index is 441. The van der Waals surface area contributed by atoms with Gasteiger partial charge in [-0.15, -0.1) is 0 Å². The summed E-state index contributed by atoms with van der Waals surface area (Å²) >= 11 is 0. The highest BCUT2D eigenvalue weighted by molar-refractivity contribution is 5.93. The van der Waals surface area contributed by atoms with Gasteiger partial charge >= 0.3 is 5.97 Å². The predicted octanol–water partition coefficient (Wildman–Crippen LogP) is 2.00. The Hall–Kier alpha value is -1.75. The predicted molar refractivity (Wildman–Crippen MR) is 71.3 cm³/mol. The molecular formula is C14H19NO4. The molecule has 0 spiro atoms. The lowest BCUT2D eigenvalue weighted by Crippen LogP contribution is -2.13. The summed E-state index contributed by atoms with van der Waals surface area (Å²) in [7, 11) is 1.50. The molecule has 0 aromatic heterocycles. The molecule has 0 bridgehead atoms. The highest BCUT2D eigenvalue weighted by atomic mass is 16.5. The van der Waals surface area contributed by atoms with Crippen molar-refractivity contribution >= 4 is 11.7 Å². The van der Waals surface area contributed by atoms with Crippen LogP contribution >= 0.6 is 0 Å². The highest BCUT2D eigenvalue weighted by Crippen LogP contribution is 2.22. The Labute approximate surface area is 112 Å². The van der Waals surface area contributed by atoms with Crippen molar-refractivity contribution in [2.75, 3.05) is 26.1 Å². The normalized spacial score (nSPS) is 18.3. The zero-order valence-corrected chi connectivity index (χ0v) is 11.1. The van der Waals surface area contributed by atoms with Gasteiger partial charge in [-0.05, 0) is 25.0 Å². The molecular weight excluding hydrogens is 246 g/mol. The number of nitrogens with two attached hydrogens (primary N) is 1. The summed E-state index contributed by atoms with van der Waals surface area (Å²) in [6.07, 6.45) is 3.09. The average Bonchev–Trinajstić information content (AvgIpc) is 2.91. The van der Waals surface area contributed by atoms with Crippen molar-refractivity contribution in [1.82, 2.24) is 0 Å². The third kappa shape index (κ3) is 3.61. The number of carbonyl (C=O) groups excluding carboxylic acids is 1. The summed E-state index contributed by atoms with van der Waals surface area (Å²) in [5.41, 5.74) is 6.58. The van der Waals surface area contributed by atoms with E-state index in [0.29, 0.717) is 23.6 Å². The maximum Gasteiger partial charge on any atom is 0.341 e. The van der Waals surface area contributed by atoms with Crippen LogP contribution < -0.4 is 10.5 Å². The molecule has 1 unspecified atom stereocenters. The SMILES string of the molecule is COc1cc(N)ccc1C(=O)OCCC1CCCO1. The fourth-order valence-corrected chi connectivity index (χ4v) is 2.11. The maximum absolute atomic E-state index is 11.9. The summed E-state index contributed by atoms with van der Waals surface area (Å²) in [5, 5.41) is 0. The largest absolute Gasteiger partial charge is 0.496 e. The molecule has 1 heterocycles. The zero-order chi connectivity index (χ0) is 13.7. The van der Waals surface area contributed by atoms with E-state index in [2.05, 4.69) is 0 Å². The second kappa shape index (κ2) is 6.43. The standard InChI is InChI=1S/C14H19NO4/c1-17-13-9-10(15)4-5-12(13)14(16)19-8-6-11-3-2-7-18-11/h4-5,9,11H,2-3,6-8,15H2,1H3. The first-order valence-corrected chi connectivity index (χ1v) is 6.43. The number of methoxy groups -OCH3 is 1. The molecule has 1 aromatic carbocycles. The summed E-state index contributed by atoms with van der Waals surface area (Å²) in [6, 6.07) is 4.87. The van der Waals surface area contributed by atoms with Gasteiger partial charge in [0.15, 0.2) is 0 Å². The van der Waals surface area contributed by atoms with E-state index in [-0.39, 0.29) is 6.10 Å². The molecule has 1 saturated heterocycles. The van der Waals surface area contributed by atoms with E-state index < -0.39 is 5.97 Å². The van der Waals surface area contributed by atoms with Crippen molar-refractivity contribution in [3.8, 4) is 5.75 Å². The molecule has 0 amide bonds. The van der Waals surface area contributed by atoms with Crippen molar-refractivity contribution in [3.63, 3.8) is 0 Å². The van der Waals surface area contributed by atoms with E-state index in [1.807, 2.05) is 0 Å². The minimum atomic E-state index is -0.394. The topological polar surface area (TPSA) is 70.8 Å². The Morgan fingerprint density at radius 1 is 1.53 bits per heavy atom. The third-order valence-electron chi connectivity index (χ3n) is 3.14. The first-order chi connectivity index (χ1) is 9.20. The van der Waals surface area contributed by atoms with Gasteiger partial charge in [0.1, 0.15) is 11.3 Å². The van der Waals surface area contributed by atoms with Crippen LogP contribution in [0.15, 0.2) is 18.2 Å². The van der Waals surface area contributed by atoms with Crippen LogP contribution in [-0.4, -0.2) is 32.4 Å². The first kappa shape index (κ1) is 13.7. The van der Waals surface area contributed by atoms with Crippen LogP contribution in [0.1, 0.15) is 29.6 Å². The molecule has 5 heteroatoms. The Kier molecular flexibility index (Phi) is 4.63. The number of benzene rings is 1. The van der Waals surface area contributed by atoms with Crippen LogP contribution in [0.25, 0.3) is 0 Å². The molecule has 1 fully saturated rings. The van der Waals surface area contributed by atoms with Crippen molar-refractivity contribution in [2.45, 2.75) is 25.4 Å². The molecule has 0 saturated carbocycles. The van der Waals surface area contributed by atoms with E-state index in [0.717, 1.165) is 25.9 Å². The number of ether oxygens (including phenoxy) is 3. The van der Waals surface area contributed by atoms with Gasteiger partial charge in [-0.2, -0.15) is 0 Å². The van der Waals surface area contributed by atoms with E-state index in [4.69, 9.17) is 19.9 Å². The fourth-order valence-electron chi connectivity index (χ4n) is 2.11. The second-order valence-corrected chi connectivity index (χ2v) is 4.52. The number of anilines is 1. The highest BCUT2D eigenvalue weighted by Gasteiger charge is 2.18. The van der Waals surface area contributed by atoms with Crippen LogP contribution in [0.5, 0.6) is 5.75 Å². The number of hydrogen-bond acceptors (Lipinski definition) is 5. The van der Waals surface area contributed by atoms with Gasteiger partial charge in [0.05, 0.1) is 19.8 Å². The van der Waals surface area contributed by atoms with Crippen molar-refractivity contribution in [1.29, 1.82) is 0 Å². The molecule has 1 atom stereocenters. The van der Waals surface area contributed by atoms with Gasteiger partial charge in [0.2, 0.25) is 0 Å². The van der Waals surface area contributed by atoms with E-state index in [1.54, 1.807) is 18.2 Å². The molecule has 2 N–H and O–H groups in total. The number of hydrogen-bond donors (Lipinski definition) is 1. The third-order valence-corrected chi connectivity index (χ3v) is 3.14. The number of carbonyl (C=O) groups is 1. The summed E-state index contributed by atoms with van der Waals surface area (Å²) in [4.78, 5) is 11.9. The van der Waals surface area contributed by atoms with Crippen LogP contribution in [-0.2, 0) is 9.47 Å². The minimum absolute atomic E-state index is 0.223. The van der Waals surface area contributed by atoms with Gasteiger partial charge in [-0.25, -0.2) is 4.79 Å². The Balaban J connectivity index is 1.88. The minimum Gasteiger partial charge on any atom is -0.496 e. The number of rotatable bonds is 5. The quantitative estimate of drug-likeness (QED) is 0.651. The van der Waals surface area contributed by atoms with Gasteiger partial charge in [-0.3, -0.25) is 0 Å². The molecule has 104 valence electrons. The zero-order valence-electron chi connectivity index (χ0n) is 11.1. The fraction of sp³-hybridized carbons (Fsp3) is 0.500. The van der Waals surface area contributed by atoms with E-state index in [9.17, 15) is 4.79 Å². The molecule has 2 rings (SSSR count).